The molecule has 0 unspecified atom stereocenters. The lowest BCUT2D eigenvalue weighted by atomic mass is 10.2. The summed E-state index contributed by atoms with van der Waals surface area (Å²) in [7, 11) is 0. The van der Waals surface area contributed by atoms with E-state index in [9.17, 15) is 0 Å². The molecule has 120 valence electrons. The van der Waals surface area contributed by atoms with E-state index in [0.29, 0.717) is 6.04 Å². The summed E-state index contributed by atoms with van der Waals surface area (Å²) in [6.45, 7) is 8.55. The van der Waals surface area contributed by atoms with Gasteiger partial charge in [0.25, 0.3) is 0 Å². The van der Waals surface area contributed by atoms with Crippen molar-refractivity contribution in [1.82, 2.24) is 20.0 Å². The maximum absolute atomic E-state index is 5.49. The summed E-state index contributed by atoms with van der Waals surface area (Å²) in [6.07, 6.45) is 4.06. The Hall–Kier alpha value is -1.21. The first-order chi connectivity index (χ1) is 10.9. The van der Waals surface area contributed by atoms with E-state index in [4.69, 9.17) is 4.74 Å². The van der Waals surface area contributed by atoms with Crippen molar-refractivity contribution in [2.24, 2.45) is 0 Å². The van der Waals surface area contributed by atoms with Crippen LogP contribution < -0.4 is 5.32 Å². The van der Waals surface area contributed by atoms with Crippen molar-refractivity contribution in [3.05, 3.63) is 40.3 Å². The predicted octanol–water partition coefficient (Wildman–Crippen LogP) is 2.13. The fourth-order valence-corrected chi connectivity index (χ4v) is 3.66. The molecule has 3 rings (SSSR count). The van der Waals surface area contributed by atoms with E-state index in [0.717, 1.165) is 45.9 Å². The Morgan fingerprint density at radius 3 is 2.95 bits per heavy atom. The van der Waals surface area contributed by atoms with Gasteiger partial charge in [0.15, 0.2) is 0 Å². The average Bonchev–Trinajstić information content (AvgIpc) is 3.24. The second kappa shape index (κ2) is 7.87. The molecule has 0 radical (unpaired) electrons. The van der Waals surface area contributed by atoms with Crippen LogP contribution in [0.3, 0.4) is 0 Å². The lowest BCUT2D eigenvalue weighted by Gasteiger charge is -2.34. The van der Waals surface area contributed by atoms with Crippen LogP contribution in [0.2, 0.25) is 0 Å². The third-order valence-corrected chi connectivity index (χ3v) is 5.01. The summed E-state index contributed by atoms with van der Waals surface area (Å²) in [4.78, 5) is 3.95. The highest BCUT2D eigenvalue weighted by atomic mass is 32.1. The first-order valence-electron chi connectivity index (χ1n) is 7.94. The van der Waals surface area contributed by atoms with Gasteiger partial charge in [-0.3, -0.25) is 9.58 Å². The minimum atomic E-state index is 0.435. The zero-order valence-corrected chi connectivity index (χ0v) is 13.9. The molecule has 1 aliphatic heterocycles. The Bertz CT molecular complexity index is 548. The summed E-state index contributed by atoms with van der Waals surface area (Å²) >= 11 is 1.84. The molecule has 2 aromatic rings. The van der Waals surface area contributed by atoms with E-state index in [2.05, 4.69) is 45.9 Å². The maximum atomic E-state index is 5.49. The molecule has 22 heavy (non-hydrogen) atoms. The number of hydrogen-bond acceptors (Lipinski definition) is 5. The monoisotopic (exact) mass is 320 g/mol. The third kappa shape index (κ3) is 3.95. The number of aromatic nitrogens is 2. The number of nitrogens with zero attached hydrogens (tertiary/aromatic N) is 3. The molecular formula is C16H24N4OS. The van der Waals surface area contributed by atoms with Crippen molar-refractivity contribution in [1.29, 1.82) is 0 Å². The summed E-state index contributed by atoms with van der Waals surface area (Å²) in [5, 5.41) is 10.1. The van der Waals surface area contributed by atoms with Gasteiger partial charge in [-0.15, -0.1) is 11.3 Å². The van der Waals surface area contributed by atoms with Gasteiger partial charge in [-0.25, -0.2) is 0 Å². The van der Waals surface area contributed by atoms with Crippen LogP contribution in [0.5, 0.6) is 0 Å². The summed E-state index contributed by atoms with van der Waals surface area (Å²) in [6, 6.07) is 4.81. The molecule has 0 amide bonds. The van der Waals surface area contributed by atoms with Crippen LogP contribution in [0.25, 0.3) is 0 Å². The van der Waals surface area contributed by atoms with Gasteiger partial charge in [-0.05, 0) is 18.4 Å². The molecule has 0 aliphatic carbocycles. The molecule has 1 N–H and O–H groups in total. The summed E-state index contributed by atoms with van der Waals surface area (Å²) < 4.78 is 7.45. The van der Waals surface area contributed by atoms with Crippen LogP contribution in [0.1, 0.15) is 23.4 Å². The first kappa shape index (κ1) is 15.7. The largest absolute Gasteiger partial charge is 0.379 e. The van der Waals surface area contributed by atoms with Crippen LogP contribution in [-0.2, 0) is 17.8 Å². The standard InChI is InChI=1S/C16H24N4OS/c1-2-20-13-14(11-18-20)10-17-12-15(16-4-3-9-22-16)19-5-7-21-8-6-19/h3-4,9,11,13,15,17H,2,5-8,10,12H2,1H3/t15-/m0/s1. The quantitative estimate of drug-likeness (QED) is 0.849. The Morgan fingerprint density at radius 1 is 1.41 bits per heavy atom. The summed E-state index contributed by atoms with van der Waals surface area (Å²) in [5.74, 6) is 0. The van der Waals surface area contributed by atoms with E-state index in [1.54, 1.807) is 0 Å². The lowest BCUT2D eigenvalue weighted by molar-refractivity contribution is 0.0168. The van der Waals surface area contributed by atoms with Gasteiger partial charge in [-0.2, -0.15) is 5.10 Å². The molecule has 2 aromatic heterocycles. The van der Waals surface area contributed by atoms with Crippen LogP contribution in [0.4, 0.5) is 0 Å². The molecule has 1 saturated heterocycles. The van der Waals surface area contributed by atoms with E-state index < -0.39 is 0 Å². The van der Waals surface area contributed by atoms with E-state index in [-0.39, 0.29) is 0 Å². The van der Waals surface area contributed by atoms with Gasteiger partial charge in [0, 0.05) is 49.4 Å². The second-order valence-electron chi connectivity index (χ2n) is 5.51. The molecule has 1 aliphatic rings. The van der Waals surface area contributed by atoms with Gasteiger partial charge in [-0.1, -0.05) is 6.07 Å². The fourth-order valence-electron chi connectivity index (χ4n) is 2.80. The first-order valence-corrected chi connectivity index (χ1v) is 8.82. The van der Waals surface area contributed by atoms with Gasteiger partial charge in [0.05, 0.1) is 25.5 Å². The number of morpholine rings is 1. The Kier molecular flexibility index (Phi) is 5.61. The van der Waals surface area contributed by atoms with Gasteiger partial charge in [0.1, 0.15) is 0 Å². The van der Waals surface area contributed by atoms with Crippen molar-refractivity contribution in [3.8, 4) is 0 Å². The predicted molar refractivity (Wildman–Crippen MR) is 89.1 cm³/mol. The number of rotatable bonds is 7. The molecule has 1 atom stereocenters. The number of nitrogens with one attached hydrogen (secondary N) is 1. The summed E-state index contributed by atoms with van der Waals surface area (Å²) in [5.41, 5.74) is 1.24. The van der Waals surface area contributed by atoms with Crippen LogP contribution >= 0.6 is 11.3 Å². The van der Waals surface area contributed by atoms with Crippen molar-refractivity contribution in [2.45, 2.75) is 26.1 Å². The SMILES string of the molecule is CCn1cc(CNC[C@@H](c2cccs2)N2CCOCC2)cn1. The van der Waals surface area contributed by atoms with Gasteiger partial charge in [0.2, 0.25) is 0 Å². The molecule has 0 saturated carbocycles. The maximum Gasteiger partial charge on any atom is 0.0594 e. The highest BCUT2D eigenvalue weighted by Gasteiger charge is 2.23. The Morgan fingerprint density at radius 2 is 2.27 bits per heavy atom. The van der Waals surface area contributed by atoms with Gasteiger partial charge >= 0.3 is 0 Å². The lowest BCUT2D eigenvalue weighted by Crippen LogP contribution is -2.42. The average molecular weight is 320 g/mol. The number of thiophene rings is 1. The van der Waals surface area contributed by atoms with Crippen LogP contribution in [0, 0.1) is 0 Å². The molecule has 0 aromatic carbocycles. The highest BCUT2D eigenvalue weighted by Crippen LogP contribution is 2.25. The van der Waals surface area contributed by atoms with Gasteiger partial charge < -0.3 is 10.1 Å². The van der Waals surface area contributed by atoms with E-state index in [1.807, 2.05) is 22.2 Å². The van der Waals surface area contributed by atoms with Crippen molar-refractivity contribution in [3.63, 3.8) is 0 Å². The Balaban J connectivity index is 1.57. The van der Waals surface area contributed by atoms with Crippen molar-refractivity contribution < 1.29 is 4.74 Å². The highest BCUT2D eigenvalue weighted by molar-refractivity contribution is 7.10. The van der Waals surface area contributed by atoms with Crippen LogP contribution in [-0.4, -0.2) is 47.5 Å². The van der Waals surface area contributed by atoms with E-state index >= 15 is 0 Å². The van der Waals surface area contributed by atoms with Crippen LogP contribution in [0.15, 0.2) is 29.9 Å². The second-order valence-corrected chi connectivity index (χ2v) is 6.49. The molecule has 3 heterocycles. The molecule has 6 heteroatoms. The fraction of sp³-hybridized carbons (Fsp3) is 0.562. The minimum Gasteiger partial charge on any atom is -0.379 e. The zero-order chi connectivity index (χ0) is 15.2. The number of ether oxygens (including phenoxy) is 1. The Labute approximate surface area is 135 Å². The minimum absolute atomic E-state index is 0.435. The van der Waals surface area contributed by atoms with E-state index in [1.165, 1.54) is 10.4 Å². The molecule has 5 nitrogen and oxygen atoms in total. The number of hydrogen-bond donors (Lipinski definition) is 1. The van der Waals surface area contributed by atoms with Crippen molar-refractivity contribution >= 4 is 11.3 Å². The molecule has 0 spiro atoms. The molecule has 0 bridgehead atoms. The normalized spacial score (nSPS) is 17.7. The zero-order valence-electron chi connectivity index (χ0n) is 13.1. The molecular weight excluding hydrogens is 296 g/mol. The topological polar surface area (TPSA) is 42.3 Å². The third-order valence-electron chi connectivity index (χ3n) is 4.04. The smallest absolute Gasteiger partial charge is 0.0594 e. The van der Waals surface area contributed by atoms with Crippen molar-refractivity contribution in [2.75, 3.05) is 32.8 Å². The molecule has 1 fully saturated rings. The number of aryl methyl sites for hydroxylation is 1.